The minimum Gasteiger partial charge on any atom is -0.545 e. The van der Waals surface area contributed by atoms with Crippen LogP contribution in [0.25, 0.3) is 5.69 Å². The summed E-state index contributed by atoms with van der Waals surface area (Å²) in [4.78, 5) is 35.6. The van der Waals surface area contributed by atoms with Crippen molar-refractivity contribution in [1.82, 2.24) is 4.57 Å². The van der Waals surface area contributed by atoms with Gasteiger partial charge >= 0.3 is 0 Å². The van der Waals surface area contributed by atoms with Gasteiger partial charge in [-0.05, 0) is 31.0 Å². The number of carboxylic acids is 1. The molecule has 0 saturated carbocycles. The fraction of sp³-hybridized carbons (Fsp3) is 0.188. The molecule has 0 atom stereocenters. The van der Waals surface area contributed by atoms with Crippen molar-refractivity contribution in [3.63, 3.8) is 0 Å². The first kappa shape index (κ1) is 13.3. The third-order valence-electron chi connectivity index (χ3n) is 3.66. The molecule has 5 heteroatoms. The second-order valence-electron chi connectivity index (χ2n) is 4.96. The Hall–Kier alpha value is -2.69. The van der Waals surface area contributed by atoms with Crippen LogP contribution in [-0.4, -0.2) is 16.3 Å². The van der Waals surface area contributed by atoms with Gasteiger partial charge in [-0.15, -0.1) is 0 Å². The van der Waals surface area contributed by atoms with Crippen molar-refractivity contribution >= 4 is 11.8 Å². The van der Waals surface area contributed by atoms with Gasteiger partial charge < -0.3 is 9.90 Å². The molecule has 21 heavy (non-hydrogen) atoms. The number of fused-ring (bicyclic) bond motifs is 1. The SMILES string of the molecule is O=C1CCCc2c1cc(C(=O)[O-])c(=O)n2-c1ccccc1. The zero-order valence-corrected chi connectivity index (χ0v) is 11.2. The van der Waals surface area contributed by atoms with Crippen LogP contribution in [-0.2, 0) is 6.42 Å². The Kier molecular flexibility index (Phi) is 3.17. The molecule has 0 spiro atoms. The number of carboxylic acid groups (broad SMARTS) is 1. The second kappa shape index (κ2) is 5.01. The number of hydrogen-bond donors (Lipinski definition) is 0. The first-order valence-electron chi connectivity index (χ1n) is 6.68. The lowest BCUT2D eigenvalue weighted by Gasteiger charge is -2.22. The minimum absolute atomic E-state index is 0.136. The van der Waals surface area contributed by atoms with Crippen molar-refractivity contribution in [2.24, 2.45) is 0 Å². The summed E-state index contributed by atoms with van der Waals surface area (Å²) in [6.07, 6.45) is 1.59. The van der Waals surface area contributed by atoms with Crippen LogP contribution in [0.3, 0.4) is 0 Å². The normalized spacial score (nSPS) is 13.8. The molecule has 0 fully saturated rings. The lowest BCUT2D eigenvalue weighted by Crippen LogP contribution is -2.36. The van der Waals surface area contributed by atoms with Gasteiger partial charge in [0.15, 0.2) is 5.78 Å². The molecule has 0 saturated heterocycles. The maximum atomic E-state index is 12.4. The van der Waals surface area contributed by atoms with E-state index in [4.69, 9.17) is 0 Å². The van der Waals surface area contributed by atoms with Crippen LogP contribution < -0.4 is 10.7 Å². The molecule has 1 aromatic heterocycles. The molecule has 1 aliphatic carbocycles. The van der Waals surface area contributed by atoms with E-state index in [0.717, 1.165) is 6.07 Å². The zero-order valence-electron chi connectivity index (χ0n) is 11.2. The van der Waals surface area contributed by atoms with Gasteiger partial charge in [-0.2, -0.15) is 0 Å². The number of ketones is 1. The molecule has 0 amide bonds. The smallest absolute Gasteiger partial charge is 0.264 e. The van der Waals surface area contributed by atoms with E-state index in [1.165, 1.54) is 4.57 Å². The van der Waals surface area contributed by atoms with Gasteiger partial charge in [-0.25, -0.2) is 0 Å². The maximum absolute atomic E-state index is 12.4. The third-order valence-corrected chi connectivity index (χ3v) is 3.66. The molecule has 0 aliphatic heterocycles. The fourth-order valence-electron chi connectivity index (χ4n) is 2.69. The quantitative estimate of drug-likeness (QED) is 0.813. The highest BCUT2D eigenvalue weighted by Gasteiger charge is 2.24. The van der Waals surface area contributed by atoms with Crippen LogP contribution in [0, 0.1) is 0 Å². The molecule has 1 aliphatic rings. The molecule has 5 nitrogen and oxygen atoms in total. The molecule has 0 bridgehead atoms. The first-order valence-corrected chi connectivity index (χ1v) is 6.68. The van der Waals surface area contributed by atoms with Crippen LogP contribution in [0.2, 0.25) is 0 Å². The van der Waals surface area contributed by atoms with Crippen molar-refractivity contribution in [3.05, 3.63) is 63.6 Å². The fourth-order valence-corrected chi connectivity index (χ4v) is 2.69. The molecule has 0 N–H and O–H groups in total. The standard InChI is InChI=1S/C16H13NO4/c18-14-8-4-7-13-11(14)9-12(16(20)21)15(19)17(13)10-5-2-1-3-6-10/h1-3,5-6,9H,4,7-8H2,(H,20,21)/p-1. The topological polar surface area (TPSA) is 79.2 Å². The zero-order chi connectivity index (χ0) is 15.0. The minimum atomic E-state index is -1.56. The van der Waals surface area contributed by atoms with Crippen molar-refractivity contribution in [1.29, 1.82) is 0 Å². The molecule has 1 aromatic carbocycles. The first-order chi connectivity index (χ1) is 10.1. The Morgan fingerprint density at radius 1 is 1.10 bits per heavy atom. The Labute approximate surface area is 120 Å². The number of rotatable bonds is 2. The Balaban J connectivity index is 2.39. The third kappa shape index (κ3) is 2.16. The largest absolute Gasteiger partial charge is 0.545 e. The van der Waals surface area contributed by atoms with Crippen LogP contribution in [0.15, 0.2) is 41.2 Å². The van der Waals surface area contributed by atoms with E-state index in [1.54, 1.807) is 30.3 Å². The molecule has 106 valence electrons. The average molecular weight is 282 g/mol. The van der Waals surface area contributed by atoms with E-state index in [9.17, 15) is 19.5 Å². The number of aromatic carboxylic acids is 1. The number of Topliss-reactive ketones (excluding diaryl/α,β-unsaturated/α-hetero) is 1. The Bertz CT molecular complexity index is 790. The highest BCUT2D eigenvalue weighted by atomic mass is 16.4. The maximum Gasteiger partial charge on any atom is 0.264 e. The highest BCUT2D eigenvalue weighted by molar-refractivity contribution is 6.00. The van der Waals surface area contributed by atoms with Gasteiger partial charge in [-0.3, -0.25) is 14.2 Å². The second-order valence-corrected chi connectivity index (χ2v) is 4.96. The molecule has 1 heterocycles. The summed E-state index contributed by atoms with van der Waals surface area (Å²) >= 11 is 0. The number of hydrogen-bond acceptors (Lipinski definition) is 4. The van der Waals surface area contributed by atoms with Gasteiger partial charge in [-0.1, -0.05) is 18.2 Å². The summed E-state index contributed by atoms with van der Waals surface area (Å²) in [5.74, 6) is -1.70. The molecule has 0 unspecified atom stereocenters. The van der Waals surface area contributed by atoms with Crippen LogP contribution >= 0.6 is 0 Å². The van der Waals surface area contributed by atoms with Crippen LogP contribution in [0.1, 0.15) is 39.3 Å². The van der Waals surface area contributed by atoms with E-state index >= 15 is 0 Å². The number of para-hydroxylation sites is 1. The summed E-state index contributed by atoms with van der Waals surface area (Å²) in [6.45, 7) is 0. The highest BCUT2D eigenvalue weighted by Crippen LogP contribution is 2.23. The van der Waals surface area contributed by atoms with Gasteiger partial charge in [0.05, 0.1) is 11.5 Å². The number of carbonyl (C=O) groups is 2. The summed E-state index contributed by atoms with van der Waals surface area (Å²) in [5.41, 5.74) is 0.301. The van der Waals surface area contributed by atoms with Crippen LogP contribution in [0.5, 0.6) is 0 Å². The number of benzene rings is 1. The van der Waals surface area contributed by atoms with Gasteiger partial charge in [0, 0.05) is 23.4 Å². The van der Waals surface area contributed by atoms with E-state index < -0.39 is 17.1 Å². The lowest BCUT2D eigenvalue weighted by molar-refractivity contribution is -0.255. The molecular weight excluding hydrogens is 270 g/mol. The van der Waals surface area contributed by atoms with Crippen molar-refractivity contribution < 1.29 is 14.7 Å². The predicted molar refractivity (Wildman–Crippen MR) is 73.6 cm³/mol. The summed E-state index contributed by atoms with van der Waals surface area (Å²) in [5, 5.41) is 11.2. The number of pyridine rings is 1. The van der Waals surface area contributed by atoms with E-state index in [0.29, 0.717) is 36.2 Å². The van der Waals surface area contributed by atoms with Crippen LogP contribution in [0.4, 0.5) is 0 Å². The van der Waals surface area contributed by atoms with E-state index in [2.05, 4.69) is 0 Å². The predicted octanol–water partition coefficient (Wildman–Crippen LogP) is 0.720. The van der Waals surface area contributed by atoms with Gasteiger partial charge in [0.1, 0.15) is 0 Å². The average Bonchev–Trinajstić information content (AvgIpc) is 2.47. The van der Waals surface area contributed by atoms with E-state index in [1.807, 2.05) is 0 Å². The number of aromatic nitrogens is 1. The molecule has 3 rings (SSSR count). The number of carbonyl (C=O) groups excluding carboxylic acids is 2. The Morgan fingerprint density at radius 2 is 1.81 bits per heavy atom. The van der Waals surface area contributed by atoms with Crippen molar-refractivity contribution in [2.75, 3.05) is 0 Å². The molecule has 2 aromatic rings. The summed E-state index contributed by atoms with van der Waals surface area (Å²) in [6, 6.07) is 9.89. The van der Waals surface area contributed by atoms with E-state index in [-0.39, 0.29) is 5.78 Å². The van der Waals surface area contributed by atoms with Gasteiger partial charge in [0.25, 0.3) is 5.56 Å². The molecule has 0 radical (unpaired) electrons. The monoisotopic (exact) mass is 282 g/mol. The number of nitrogens with zero attached hydrogens (tertiary/aromatic N) is 1. The van der Waals surface area contributed by atoms with Crippen molar-refractivity contribution in [3.8, 4) is 5.69 Å². The molecular formula is C16H12NO4-. The van der Waals surface area contributed by atoms with Gasteiger partial charge in [0.2, 0.25) is 0 Å². The summed E-state index contributed by atoms with van der Waals surface area (Å²) < 4.78 is 1.32. The van der Waals surface area contributed by atoms with Crippen molar-refractivity contribution in [2.45, 2.75) is 19.3 Å². The lowest BCUT2D eigenvalue weighted by atomic mass is 9.93. The summed E-state index contributed by atoms with van der Waals surface area (Å²) in [7, 11) is 0. The Morgan fingerprint density at radius 3 is 2.48 bits per heavy atom.